The summed E-state index contributed by atoms with van der Waals surface area (Å²) in [5.74, 6) is 0.116. The van der Waals surface area contributed by atoms with Crippen LogP contribution in [-0.2, 0) is 0 Å². The first-order chi connectivity index (χ1) is 10.7. The number of aromatic nitrogens is 2. The van der Waals surface area contributed by atoms with Gasteiger partial charge in [0.25, 0.3) is 0 Å². The number of hydrogen-bond donors (Lipinski definition) is 1. The molecule has 1 aliphatic heterocycles. The molecule has 3 rings (SSSR count). The molecule has 0 spiro atoms. The summed E-state index contributed by atoms with van der Waals surface area (Å²) in [6, 6.07) is 5.43. The summed E-state index contributed by atoms with van der Waals surface area (Å²) in [5, 5.41) is 2.73. The number of anilines is 1. The van der Waals surface area contributed by atoms with E-state index in [0.29, 0.717) is 24.7 Å². The lowest BCUT2D eigenvalue weighted by Gasteiger charge is -2.17. The topological polar surface area (TPSA) is 67.4 Å². The van der Waals surface area contributed by atoms with E-state index in [1.54, 1.807) is 23.5 Å². The van der Waals surface area contributed by atoms with Gasteiger partial charge in [-0.05, 0) is 24.3 Å². The maximum Gasteiger partial charge on any atom is 0.321 e. The molecule has 0 aliphatic carbocycles. The number of halogens is 1. The van der Waals surface area contributed by atoms with E-state index in [9.17, 15) is 9.18 Å². The molecule has 0 saturated carbocycles. The number of amides is 2. The molecule has 1 saturated heterocycles. The van der Waals surface area contributed by atoms with E-state index in [4.69, 9.17) is 4.74 Å². The van der Waals surface area contributed by atoms with Gasteiger partial charge in [-0.1, -0.05) is 0 Å². The fraction of sp³-hybridized carbons (Fsp3) is 0.267. The molecule has 1 atom stereocenters. The third-order valence-electron chi connectivity index (χ3n) is 3.35. The van der Waals surface area contributed by atoms with E-state index in [1.807, 2.05) is 0 Å². The molecular weight excluding hydrogens is 287 g/mol. The van der Waals surface area contributed by atoms with Crippen molar-refractivity contribution >= 4 is 11.7 Å². The summed E-state index contributed by atoms with van der Waals surface area (Å²) in [5.41, 5.74) is 0.560. The van der Waals surface area contributed by atoms with E-state index in [2.05, 4.69) is 15.3 Å². The summed E-state index contributed by atoms with van der Waals surface area (Å²) in [6.45, 7) is 1.07. The zero-order chi connectivity index (χ0) is 15.4. The largest absolute Gasteiger partial charge is 0.471 e. The first-order valence-electron chi connectivity index (χ1n) is 6.95. The van der Waals surface area contributed by atoms with Gasteiger partial charge in [0.05, 0.1) is 12.7 Å². The number of nitrogens with zero attached hydrogens (tertiary/aromatic N) is 3. The highest BCUT2D eigenvalue weighted by molar-refractivity contribution is 5.89. The third kappa shape index (κ3) is 3.49. The van der Waals surface area contributed by atoms with Gasteiger partial charge in [0.2, 0.25) is 5.88 Å². The number of likely N-dealkylation sites (tertiary alicyclic amines) is 1. The maximum atomic E-state index is 12.8. The van der Waals surface area contributed by atoms with Gasteiger partial charge in [0, 0.05) is 31.0 Å². The molecule has 22 heavy (non-hydrogen) atoms. The lowest BCUT2D eigenvalue weighted by Crippen LogP contribution is -2.34. The number of carbonyl (C=O) groups excluding carboxylic acids is 1. The van der Waals surface area contributed by atoms with E-state index in [0.717, 1.165) is 6.42 Å². The van der Waals surface area contributed by atoms with Crippen LogP contribution in [0.3, 0.4) is 0 Å². The van der Waals surface area contributed by atoms with Crippen LogP contribution in [-0.4, -0.2) is 40.1 Å². The second kappa shape index (κ2) is 6.38. The molecule has 114 valence electrons. The molecule has 1 fully saturated rings. The minimum absolute atomic E-state index is 0.101. The van der Waals surface area contributed by atoms with Gasteiger partial charge < -0.3 is 15.0 Å². The van der Waals surface area contributed by atoms with Crippen molar-refractivity contribution in [2.24, 2.45) is 0 Å². The molecule has 2 heterocycles. The van der Waals surface area contributed by atoms with Crippen LogP contribution in [0.15, 0.2) is 42.9 Å². The molecule has 2 aromatic rings. The van der Waals surface area contributed by atoms with Crippen molar-refractivity contribution in [2.75, 3.05) is 18.4 Å². The summed E-state index contributed by atoms with van der Waals surface area (Å²) >= 11 is 0. The number of ether oxygens (including phenoxy) is 1. The second-order valence-electron chi connectivity index (χ2n) is 4.96. The molecule has 7 heteroatoms. The van der Waals surface area contributed by atoms with Crippen LogP contribution in [0.5, 0.6) is 5.88 Å². The SMILES string of the molecule is O=C(Nc1ccc(F)cc1)N1CCC(Oc2cnccn2)C1. The summed E-state index contributed by atoms with van der Waals surface area (Å²) in [4.78, 5) is 21.8. The quantitative estimate of drug-likeness (QED) is 0.944. The zero-order valence-corrected chi connectivity index (χ0v) is 11.8. The van der Waals surface area contributed by atoms with Gasteiger partial charge in [0.1, 0.15) is 11.9 Å². The van der Waals surface area contributed by atoms with Crippen LogP contribution in [0.25, 0.3) is 0 Å². The Hall–Kier alpha value is -2.70. The molecule has 1 aliphatic rings. The smallest absolute Gasteiger partial charge is 0.321 e. The Morgan fingerprint density at radius 2 is 2.14 bits per heavy atom. The standard InChI is InChI=1S/C15H15FN4O2/c16-11-1-3-12(4-2-11)19-15(21)20-8-5-13(10-20)22-14-9-17-6-7-18-14/h1-4,6-7,9,13H,5,8,10H2,(H,19,21). The number of hydrogen-bond acceptors (Lipinski definition) is 4. The summed E-state index contributed by atoms with van der Waals surface area (Å²) in [6.07, 6.45) is 5.30. The van der Waals surface area contributed by atoms with E-state index >= 15 is 0 Å². The van der Waals surface area contributed by atoms with Crippen molar-refractivity contribution < 1.29 is 13.9 Å². The number of nitrogens with one attached hydrogen (secondary N) is 1. The van der Waals surface area contributed by atoms with E-state index < -0.39 is 0 Å². The Morgan fingerprint density at radius 3 is 2.86 bits per heavy atom. The van der Waals surface area contributed by atoms with Crippen molar-refractivity contribution in [2.45, 2.75) is 12.5 Å². The van der Waals surface area contributed by atoms with Crippen LogP contribution in [0.4, 0.5) is 14.9 Å². The third-order valence-corrected chi connectivity index (χ3v) is 3.35. The predicted octanol–water partition coefficient (Wildman–Crippen LogP) is 2.30. The molecule has 2 amide bonds. The highest BCUT2D eigenvalue weighted by Gasteiger charge is 2.28. The highest BCUT2D eigenvalue weighted by atomic mass is 19.1. The van der Waals surface area contributed by atoms with Crippen molar-refractivity contribution in [3.8, 4) is 5.88 Å². The lowest BCUT2D eigenvalue weighted by atomic mass is 10.3. The minimum atomic E-state index is -0.336. The van der Waals surface area contributed by atoms with Crippen molar-refractivity contribution in [3.05, 3.63) is 48.7 Å². The number of urea groups is 1. The Kier molecular flexibility index (Phi) is 4.13. The highest BCUT2D eigenvalue weighted by Crippen LogP contribution is 2.17. The number of benzene rings is 1. The van der Waals surface area contributed by atoms with Crippen LogP contribution in [0.1, 0.15) is 6.42 Å². The number of carbonyl (C=O) groups is 1. The fourth-order valence-electron chi connectivity index (χ4n) is 2.26. The van der Waals surface area contributed by atoms with Crippen LogP contribution >= 0.6 is 0 Å². The summed E-state index contributed by atoms with van der Waals surface area (Å²) < 4.78 is 18.5. The predicted molar refractivity (Wildman–Crippen MR) is 78.1 cm³/mol. The zero-order valence-electron chi connectivity index (χ0n) is 11.8. The van der Waals surface area contributed by atoms with Gasteiger partial charge >= 0.3 is 6.03 Å². The van der Waals surface area contributed by atoms with E-state index in [1.165, 1.54) is 24.3 Å². The normalized spacial score (nSPS) is 17.3. The van der Waals surface area contributed by atoms with Crippen LogP contribution < -0.4 is 10.1 Å². The van der Waals surface area contributed by atoms with Crippen molar-refractivity contribution in [1.29, 1.82) is 0 Å². The molecule has 0 bridgehead atoms. The Bertz CT molecular complexity index is 636. The Labute approximate surface area is 126 Å². The molecule has 1 N–H and O–H groups in total. The van der Waals surface area contributed by atoms with Gasteiger partial charge in [-0.25, -0.2) is 14.2 Å². The Morgan fingerprint density at radius 1 is 1.32 bits per heavy atom. The molecular formula is C15H15FN4O2. The average molecular weight is 302 g/mol. The van der Waals surface area contributed by atoms with Gasteiger partial charge in [-0.3, -0.25) is 4.98 Å². The van der Waals surface area contributed by atoms with Crippen LogP contribution in [0.2, 0.25) is 0 Å². The summed E-state index contributed by atoms with van der Waals surface area (Å²) in [7, 11) is 0. The van der Waals surface area contributed by atoms with Gasteiger partial charge in [-0.2, -0.15) is 0 Å². The maximum absolute atomic E-state index is 12.8. The first kappa shape index (κ1) is 14.2. The number of rotatable bonds is 3. The monoisotopic (exact) mass is 302 g/mol. The van der Waals surface area contributed by atoms with Crippen molar-refractivity contribution in [1.82, 2.24) is 14.9 Å². The molecule has 1 aromatic carbocycles. The van der Waals surface area contributed by atoms with Crippen molar-refractivity contribution in [3.63, 3.8) is 0 Å². The molecule has 0 radical (unpaired) electrons. The fourth-order valence-corrected chi connectivity index (χ4v) is 2.26. The van der Waals surface area contributed by atoms with Gasteiger partial charge in [-0.15, -0.1) is 0 Å². The van der Waals surface area contributed by atoms with E-state index in [-0.39, 0.29) is 18.0 Å². The molecule has 1 unspecified atom stereocenters. The minimum Gasteiger partial charge on any atom is -0.471 e. The molecule has 6 nitrogen and oxygen atoms in total. The van der Waals surface area contributed by atoms with Crippen LogP contribution in [0, 0.1) is 5.82 Å². The Balaban J connectivity index is 1.53. The molecule has 1 aromatic heterocycles. The first-order valence-corrected chi connectivity index (χ1v) is 6.95. The van der Waals surface area contributed by atoms with Gasteiger partial charge in [0.15, 0.2) is 0 Å². The average Bonchev–Trinajstić information content (AvgIpc) is 2.99. The lowest BCUT2D eigenvalue weighted by molar-refractivity contribution is 0.189. The second-order valence-corrected chi connectivity index (χ2v) is 4.96.